The van der Waals surface area contributed by atoms with Crippen LogP contribution in [0.4, 0.5) is 5.82 Å². The van der Waals surface area contributed by atoms with Crippen molar-refractivity contribution in [3.05, 3.63) is 68.5 Å². The van der Waals surface area contributed by atoms with E-state index in [9.17, 15) is 4.79 Å². The van der Waals surface area contributed by atoms with Crippen LogP contribution in [0.5, 0.6) is 0 Å². The van der Waals surface area contributed by atoms with Gasteiger partial charge in [-0.15, -0.1) is 11.3 Å². The number of benzene rings is 1. The number of anilines is 1. The molecule has 1 N–H and O–H groups in total. The van der Waals surface area contributed by atoms with Gasteiger partial charge in [0.05, 0.1) is 19.2 Å². The number of carbonyl (C=O) groups is 1. The zero-order valence-electron chi connectivity index (χ0n) is 12.0. The van der Waals surface area contributed by atoms with Crippen LogP contribution in [-0.4, -0.2) is 15.7 Å². The molecule has 4 nitrogen and oxygen atoms in total. The maximum absolute atomic E-state index is 12.3. The van der Waals surface area contributed by atoms with E-state index >= 15 is 0 Å². The van der Waals surface area contributed by atoms with Crippen molar-refractivity contribution >= 4 is 46.3 Å². The Morgan fingerprint density at radius 2 is 1.96 bits per heavy atom. The highest BCUT2D eigenvalue weighted by molar-refractivity contribution is 7.09. The lowest BCUT2D eigenvalue weighted by Gasteiger charge is -2.10. The number of halogens is 2. The van der Waals surface area contributed by atoms with Crippen molar-refractivity contribution in [2.45, 2.75) is 13.0 Å². The van der Waals surface area contributed by atoms with Crippen LogP contribution in [-0.2, 0) is 17.8 Å². The average molecular weight is 366 g/mol. The molecule has 0 aliphatic heterocycles. The minimum absolute atomic E-state index is 0.114. The molecule has 2 aromatic heterocycles. The van der Waals surface area contributed by atoms with Crippen LogP contribution < -0.4 is 5.32 Å². The summed E-state index contributed by atoms with van der Waals surface area (Å²) in [5, 5.41) is 10.1. The summed E-state index contributed by atoms with van der Waals surface area (Å²) in [6.07, 6.45) is 1.77. The van der Waals surface area contributed by atoms with Crippen molar-refractivity contribution in [2.75, 3.05) is 5.32 Å². The van der Waals surface area contributed by atoms with Gasteiger partial charge in [0.25, 0.3) is 0 Å². The van der Waals surface area contributed by atoms with E-state index in [1.54, 1.807) is 46.5 Å². The van der Waals surface area contributed by atoms with Crippen molar-refractivity contribution in [1.82, 2.24) is 9.78 Å². The third-order valence-corrected chi connectivity index (χ3v) is 4.84. The van der Waals surface area contributed by atoms with Crippen LogP contribution in [0.3, 0.4) is 0 Å². The van der Waals surface area contributed by atoms with E-state index in [1.165, 1.54) is 4.88 Å². The Kier molecular flexibility index (Phi) is 5.00. The fourth-order valence-electron chi connectivity index (χ4n) is 2.16. The van der Waals surface area contributed by atoms with Gasteiger partial charge in [0.2, 0.25) is 5.91 Å². The molecule has 0 unspecified atom stereocenters. The van der Waals surface area contributed by atoms with Gasteiger partial charge < -0.3 is 5.32 Å². The first kappa shape index (κ1) is 16.1. The summed E-state index contributed by atoms with van der Waals surface area (Å²) in [4.78, 5) is 13.4. The molecule has 0 saturated carbocycles. The second kappa shape index (κ2) is 7.17. The van der Waals surface area contributed by atoms with Crippen LogP contribution >= 0.6 is 34.5 Å². The summed E-state index contributed by atoms with van der Waals surface area (Å²) >= 11 is 13.8. The number of hydrogen-bond acceptors (Lipinski definition) is 3. The molecule has 7 heteroatoms. The van der Waals surface area contributed by atoms with Crippen LogP contribution in [0.25, 0.3) is 0 Å². The molecule has 23 heavy (non-hydrogen) atoms. The number of aromatic nitrogens is 2. The molecule has 2 heterocycles. The van der Waals surface area contributed by atoms with Crippen LogP contribution in [0.2, 0.25) is 10.0 Å². The van der Waals surface area contributed by atoms with Crippen molar-refractivity contribution in [2.24, 2.45) is 0 Å². The number of nitrogens with zero attached hydrogens (tertiary/aromatic N) is 2. The lowest BCUT2D eigenvalue weighted by Crippen LogP contribution is -2.18. The molecule has 3 aromatic rings. The standard InChI is InChI=1S/C16H13Cl2N3OS/c17-13-4-1-5-14(18)12(13)9-16(22)20-15-6-7-19-21(15)10-11-3-2-8-23-11/h1-8H,9-10H2,(H,20,22). The summed E-state index contributed by atoms with van der Waals surface area (Å²) in [6.45, 7) is 0.618. The molecule has 0 saturated heterocycles. The van der Waals surface area contributed by atoms with Gasteiger partial charge in [-0.25, -0.2) is 4.68 Å². The normalized spacial score (nSPS) is 10.7. The monoisotopic (exact) mass is 365 g/mol. The summed E-state index contributed by atoms with van der Waals surface area (Å²) in [5.41, 5.74) is 0.623. The molecule has 0 atom stereocenters. The minimum atomic E-state index is -0.187. The second-order valence-corrected chi connectivity index (χ2v) is 6.73. The third-order valence-electron chi connectivity index (χ3n) is 3.27. The van der Waals surface area contributed by atoms with E-state index in [4.69, 9.17) is 23.2 Å². The van der Waals surface area contributed by atoms with Gasteiger partial charge >= 0.3 is 0 Å². The molecule has 0 radical (unpaired) electrons. The van der Waals surface area contributed by atoms with E-state index in [2.05, 4.69) is 10.4 Å². The molecule has 118 valence electrons. The highest BCUT2D eigenvalue weighted by Gasteiger charge is 2.13. The van der Waals surface area contributed by atoms with E-state index in [-0.39, 0.29) is 12.3 Å². The molecular weight excluding hydrogens is 353 g/mol. The van der Waals surface area contributed by atoms with Gasteiger partial charge in [0, 0.05) is 21.0 Å². The SMILES string of the molecule is O=C(Cc1c(Cl)cccc1Cl)Nc1ccnn1Cc1cccs1. The predicted octanol–water partition coefficient (Wildman–Crippen LogP) is 4.48. The third kappa shape index (κ3) is 3.93. The number of thiophene rings is 1. The van der Waals surface area contributed by atoms with Gasteiger partial charge in [-0.2, -0.15) is 5.10 Å². The van der Waals surface area contributed by atoms with E-state index in [0.717, 1.165) is 0 Å². The Hall–Kier alpha value is -1.82. The summed E-state index contributed by atoms with van der Waals surface area (Å²) in [6, 6.07) is 11.0. The summed E-state index contributed by atoms with van der Waals surface area (Å²) in [7, 11) is 0. The van der Waals surface area contributed by atoms with Gasteiger partial charge in [0.15, 0.2) is 0 Å². The quantitative estimate of drug-likeness (QED) is 0.724. The Balaban J connectivity index is 1.70. The average Bonchev–Trinajstić information content (AvgIpc) is 3.16. The van der Waals surface area contributed by atoms with Gasteiger partial charge in [-0.3, -0.25) is 4.79 Å². The van der Waals surface area contributed by atoms with Crippen molar-refractivity contribution < 1.29 is 4.79 Å². The summed E-state index contributed by atoms with van der Waals surface area (Å²) in [5.74, 6) is 0.458. The molecule has 1 amide bonds. The zero-order chi connectivity index (χ0) is 16.2. The number of amides is 1. The fourth-order valence-corrected chi connectivity index (χ4v) is 3.38. The molecule has 3 rings (SSSR count). The van der Waals surface area contributed by atoms with Crippen molar-refractivity contribution in [1.29, 1.82) is 0 Å². The van der Waals surface area contributed by atoms with Crippen LogP contribution in [0, 0.1) is 0 Å². The molecular formula is C16H13Cl2N3OS. The number of rotatable bonds is 5. The molecule has 0 bridgehead atoms. The predicted molar refractivity (Wildman–Crippen MR) is 94.4 cm³/mol. The Labute approximate surface area is 147 Å². The maximum Gasteiger partial charge on any atom is 0.230 e. The first-order chi connectivity index (χ1) is 11.1. The largest absolute Gasteiger partial charge is 0.311 e. The first-order valence-corrected chi connectivity index (χ1v) is 8.54. The van der Waals surface area contributed by atoms with Gasteiger partial charge in [0.1, 0.15) is 5.82 Å². The highest BCUT2D eigenvalue weighted by Crippen LogP contribution is 2.25. The van der Waals surface area contributed by atoms with Crippen molar-refractivity contribution in [3.63, 3.8) is 0 Å². The maximum atomic E-state index is 12.3. The van der Waals surface area contributed by atoms with Crippen LogP contribution in [0.15, 0.2) is 48.0 Å². The molecule has 0 fully saturated rings. The molecule has 0 aliphatic carbocycles. The highest BCUT2D eigenvalue weighted by atomic mass is 35.5. The molecule has 0 aliphatic rings. The second-order valence-electron chi connectivity index (χ2n) is 4.88. The number of hydrogen-bond donors (Lipinski definition) is 1. The molecule has 0 spiro atoms. The minimum Gasteiger partial charge on any atom is -0.311 e. The fraction of sp³-hybridized carbons (Fsp3) is 0.125. The Bertz CT molecular complexity index is 794. The lowest BCUT2D eigenvalue weighted by atomic mass is 10.1. The first-order valence-electron chi connectivity index (χ1n) is 6.90. The van der Waals surface area contributed by atoms with E-state index in [0.29, 0.717) is 28.0 Å². The van der Waals surface area contributed by atoms with Gasteiger partial charge in [-0.1, -0.05) is 35.3 Å². The summed E-state index contributed by atoms with van der Waals surface area (Å²) < 4.78 is 1.75. The van der Waals surface area contributed by atoms with E-state index < -0.39 is 0 Å². The smallest absolute Gasteiger partial charge is 0.230 e. The Morgan fingerprint density at radius 1 is 1.17 bits per heavy atom. The lowest BCUT2D eigenvalue weighted by molar-refractivity contribution is -0.115. The molecule has 1 aromatic carbocycles. The zero-order valence-corrected chi connectivity index (χ0v) is 14.3. The number of carbonyl (C=O) groups excluding carboxylic acids is 1. The Morgan fingerprint density at radius 3 is 2.65 bits per heavy atom. The van der Waals surface area contributed by atoms with Gasteiger partial charge in [-0.05, 0) is 29.1 Å². The number of nitrogens with one attached hydrogen (secondary N) is 1. The van der Waals surface area contributed by atoms with E-state index in [1.807, 2.05) is 17.5 Å². The van der Waals surface area contributed by atoms with Crippen molar-refractivity contribution in [3.8, 4) is 0 Å². The van der Waals surface area contributed by atoms with Crippen LogP contribution in [0.1, 0.15) is 10.4 Å². The topological polar surface area (TPSA) is 46.9 Å².